The highest BCUT2D eigenvalue weighted by Crippen LogP contribution is 2.21. The third-order valence-electron chi connectivity index (χ3n) is 2.48. The molecule has 3 rings (SSSR count). The number of hydrogen-bond donors (Lipinski definition) is 0. The Balaban J connectivity index is 2.13. The highest BCUT2D eigenvalue weighted by Gasteiger charge is 2.05. The average Bonchev–Trinajstić information content (AvgIpc) is 2.82. The van der Waals surface area contributed by atoms with Crippen LogP contribution in [0.3, 0.4) is 0 Å². The van der Waals surface area contributed by atoms with E-state index in [0.717, 1.165) is 16.9 Å². The van der Waals surface area contributed by atoms with Crippen LogP contribution in [-0.4, -0.2) is 26.7 Å². The largest absolute Gasteiger partial charge is 0.481 e. The van der Waals surface area contributed by atoms with Gasteiger partial charge < -0.3 is 4.74 Å². The lowest BCUT2D eigenvalue weighted by molar-refractivity contribution is 0.398. The molecule has 0 N–H and O–H groups in total. The first kappa shape index (κ1) is 9.77. The molecule has 0 amide bonds. The number of imidazole rings is 1. The van der Waals surface area contributed by atoms with Crippen molar-refractivity contribution >= 4 is 5.65 Å². The standard InChI is InChI=1S/C12H10N4O/c1-17-12-7-9(4-6-13-12)10-8-16-11(15-10)3-2-5-14-16/h2-8H,1H3. The van der Waals surface area contributed by atoms with Crippen molar-refractivity contribution in [3.8, 4) is 17.1 Å². The molecule has 0 atom stereocenters. The van der Waals surface area contributed by atoms with Crippen LogP contribution in [0.15, 0.2) is 42.9 Å². The van der Waals surface area contributed by atoms with Crippen LogP contribution in [-0.2, 0) is 0 Å². The molecule has 3 aromatic heterocycles. The van der Waals surface area contributed by atoms with E-state index in [9.17, 15) is 0 Å². The van der Waals surface area contributed by atoms with Gasteiger partial charge in [0.15, 0.2) is 5.65 Å². The van der Waals surface area contributed by atoms with Crippen molar-refractivity contribution in [2.45, 2.75) is 0 Å². The summed E-state index contributed by atoms with van der Waals surface area (Å²) in [5.74, 6) is 0.576. The minimum atomic E-state index is 0.576. The second-order valence-corrected chi connectivity index (χ2v) is 3.54. The van der Waals surface area contributed by atoms with Gasteiger partial charge in [-0.3, -0.25) is 0 Å². The molecule has 84 valence electrons. The summed E-state index contributed by atoms with van der Waals surface area (Å²) in [5.41, 5.74) is 2.63. The number of rotatable bonds is 2. The third-order valence-corrected chi connectivity index (χ3v) is 2.48. The lowest BCUT2D eigenvalue weighted by Gasteiger charge is -1.99. The summed E-state index contributed by atoms with van der Waals surface area (Å²) in [6.07, 6.45) is 5.31. The van der Waals surface area contributed by atoms with Gasteiger partial charge in [-0.25, -0.2) is 14.5 Å². The molecular weight excluding hydrogens is 216 g/mol. The number of nitrogens with zero attached hydrogens (tertiary/aromatic N) is 4. The first-order valence-electron chi connectivity index (χ1n) is 5.17. The van der Waals surface area contributed by atoms with Crippen molar-refractivity contribution in [1.82, 2.24) is 19.6 Å². The van der Waals surface area contributed by atoms with Crippen LogP contribution in [0, 0.1) is 0 Å². The summed E-state index contributed by atoms with van der Waals surface area (Å²) >= 11 is 0. The predicted octanol–water partition coefficient (Wildman–Crippen LogP) is 1.80. The van der Waals surface area contributed by atoms with E-state index in [4.69, 9.17) is 4.74 Å². The smallest absolute Gasteiger partial charge is 0.213 e. The molecule has 0 spiro atoms. The minimum absolute atomic E-state index is 0.576. The van der Waals surface area contributed by atoms with Crippen LogP contribution in [0.5, 0.6) is 5.88 Å². The third kappa shape index (κ3) is 1.71. The highest BCUT2D eigenvalue weighted by molar-refractivity contribution is 5.62. The van der Waals surface area contributed by atoms with E-state index in [1.54, 1.807) is 24.0 Å². The SMILES string of the molecule is COc1cc(-c2cn3ncccc3n2)ccn1. The van der Waals surface area contributed by atoms with Crippen molar-refractivity contribution in [3.05, 3.63) is 42.9 Å². The van der Waals surface area contributed by atoms with Crippen molar-refractivity contribution in [3.63, 3.8) is 0 Å². The monoisotopic (exact) mass is 226 g/mol. The molecule has 3 aromatic rings. The van der Waals surface area contributed by atoms with Gasteiger partial charge in [0.25, 0.3) is 0 Å². The summed E-state index contributed by atoms with van der Waals surface area (Å²) in [7, 11) is 1.59. The Bertz CT molecular complexity index is 629. The second kappa shape index (κ2) is 3.86. The van der Waals surface area contributed by atoms with Gasteiger partial charge in [-0.05, 0) is 18.2 Å². The lowest BCUT2D eigenvalue weighted by Crippen LogP contribution is -1.87. The van der Waals surface area contributed by atoms with Crippen molar-refractivity contribution in [2.24, 2.45) is 0 Å². The lowest BCUT2D eigenvalue weighted by atomic mass is 10.2. The Hall–Kier alpha value is -2.43. The molecule has 0 saturated carbocycles. The maximum absolute atomic E-state index is 5.09. The van der Waals surface area contributed by atoms with Crippen LogP contribution in [0.1, 0.15) is 0 Å². The van der Waals surface area contributed by atoms with Gasteiger partial charge >= 0.3 is 0 Å². The fraction of sp³-hybridized carbons (Fsp3) is 0.0833. The Morgan fingerprint density at radius 1 is 1.24 bits per heavy atom. The molecule has 0 aromatic carbocycles. The topological polar surface area (TPSA) is 52.3 Å². The molecule has 0 bridgehead atoms. The van der Waals surface area contributed by atoms with Crippen molar-refractivity contribution < 1.29 is 4.74 Å². The van der Waals surface area contributed by atoms with E-state index in [0.29, 0.717) is 5.88 Å². The predicted molar refractivity (Wildman–Crippen MR) is 62.8 cm³/mol. The van der Waals surface area contributed by atoms with E-state index < -0.39 is 0 Å². The Kier molecular flexibility index (Phi) is 2.22. The second-order valence-electron chi connectivity index (χ2n) is 3.54. The highest BCUT2D eigenvalue weighted by atomic mass is 16.5. The molecule has 3 heterocycles. The van der Waals surface area contributed by atoms with Gasteiger partial charge in [0.1, 0.15) is 0 Å². The van der Waals surface area contributed by atoms with Crippen LogP contribution < -0.4 is 4.74 Å². The maximum Gasteiger partial charge on any atom is 0.213 e. The molecule has 5 nitrogen and oxygen atoms in total. The van der Waals surface area contributed by atoms with E-state index in [1.165, 1.54) is 0 Å². The van der Waals surface area contributed by atoms with Gasteiger partial charge in [-0.15, -0.1) is 0 Å². The fourth-order valence-corrected chi connectivity index (χ4v) is 1.65. The molecule has 0 aliphatic carbocycles. The van der Waals surface area contributed by atoms with E-state index in [-0.39, 0.29) is 0 Å². The van der Waals surface area contributed by atoms with Crippen LogP contribution in [0.4, 0.5) is 0 Å². The van der Waals surface area contributed by atoms with Crippen LogP contribution in [0.25, 0.3) is 16.9 Å². The van der Waals surface area contributed by atoms with E-state index >= 15 is 0 Å². The number of ether oxygens (including phenoxy) is 1. The van der Waals surface area contributed by atoms with Gasteiger partial charge in [-0.1, -0.05) is 0 Å². The number of aromatic nitrogens is 4. The Labute approximate surface area is 97.7 Å². The summed E-state index contributed by atoms with van der Waals surface area (Å²) in [6.45, 7) is 0. The van der Waals surface area contributed by atoms with Gasteiger partial charge in [0.05, 0.1) is 19.0 Å². The zero-order valence-electron chi connectivity index (χ0n) is 9.24. The molecule has 0 fully saturated rings. The van der Waals surface area contributed by atoms with Gasteiger partial charge in [0.2, 0.25) is 5.88 Å². The first-order valence-corrected chi connectivity index (χ1v) is 5.17. The van der Waals surface area contributed by atoms with Gasteiger partial charge in [0, 0.05) is 24.0 Å². The quantitative estimate of drug-likeness (QED) is 0.668. The molecule has 0 aliphatic rings. The molecule has 5 heteroatoms. The molecule has 0 saturated heterocycles. The first-order chi connectivity index (χ1) is 8.36. The number of hydrogen-bond acceptors (Lipinski definition) is 4. The number of pyridine rings is 1. The molecule has 17 heavy (non-hydrogen) atoms. The van der Waals surface area contributed by atoms with E-state index in [2.05, 4.69) is 15.1 Å². The number of methoxy groups -OCH3 is 1. The Morgan fingerprint density at radius 3 is 3.00 bits per heavy atom. The number of fused-ring (bicyclic) bond motifs is 1. The summed E-state index contributed by atoms with van der Waals surface area (Å²) < 4.78 is 6.83. The van der Waals surface area contributed by atoms with Crippen molar-refractivity contribution in [2.75, 3.05) is 7.11 Å². The van der Waals surface area contributed by atoms with Crippen molar-refractivity contribution in [1.29, 1.82) is 0 Å². The van der Waals surface area contributed by atoms with Gasteiger partial charge in [-0.2, -0.15) is 5.10 Å². The minimum Gasteiger partial charge on any atom is -0.481 e. The Morgan fingerprint density at radius 2 is 2.18 bits per heavy atom. The normalized spacial score (nSPS) is 10.6. The average molecular weight is 226 g/mol. The zero-order valence-corrected chi connectivity index (χ0v) is 9.24. The molecule has 0 radical (unpaired) electrons. The zero-order chi connectivity index (χ0) is 11.7. The molecular formula is C12H10N4O. The molecule has 0 unspecified atom stereocenters. The van der Waals surface area contributed by atoms with E-state index in [1.807, 2.05) is 30.5 Å². The summed E-state index contributed by atoms with van der Waals surface area (Å²) in [4.78, 5) is 8.54. The summed E-state index contributed by atoms with van der Waals surface area (Å²) in [6, 6.07) is 7.51. The summed E-state index contributed by atoms with van der Waals surface area (Å²) in [5, 5.41) is 4.18. The fourth-order valence-electron chi connectivity index (χ4n) is 1.65. The van der Waals surface area contributed by atoms with Crippen LogP contribution in [0.2, 0.25) is 0 Å². The maximum atomic E-state index is 5.09. The van der Waals surface area contributed by atoms with Crippen LogP contribution >= 0.6 is 0 Å². The molecule has 0 aliphatic heterocycles.